The Hall–Kier alpha value is 1.87. The van der Waals surface area contributed by atoms with Crippen LogP contribution in [0.25, 0.3) is 0 Å². The summed E-state index contributed by atoms with van der Waals surface area (Å²) in [6.07, 6.45) is 0. The quantitative estimate of drug-likeness (QED) is 0.533. The fourth-order valence-corrected chi connectivity index (χ4v) is 8.18. The average molecular weight is 450 g/mol. The summed E-state index contributed by atoms with van der Waals surface area (Å²) >= 11 is 13.4. The van der Waals surface area contributed by atoms with E-state index in [9.17, 15) is 8.42 Å². The van der Waals surface area contributed by atoms with Gasteiger partial charge in [-0.05, 0) is 0 Å². The largest absolute Gasteiger partial charge is 0.229 e. The smallest absolute Gasteiger partial charge is 0.151 e. The lowest BCUT2D eigenvalue weighted by molar-refractivity contribution is 0.598. The molecular weight excluding hydrogens is 444 g/mol. The summed E-state index contributed by atoms with van der Waals surface area (Å²) in [7, 11) is -2.86. The lowest BCUT2D eigenvalue weighted by Gasteiger charge is -2.21. The molecule has 1 aliphatic heterocycles. The van der Waals surface area contributed by atoms with Gasteiger partial charge in [0.1, 0.15) is 2.14 Å². The van der Waals surface area contributed by atoms with E-state index in [2.05, 4.69) is 63.7 Å². The second kappa shape index (κ2) is 3.79. The van der Waals surface area contributed by atoms with Crippen LogP contribution in [0.1, 0.15) is 0 Å². The summed E-state index contributed by atoms with van der Waals surface area (Å²) < 4.78 is 21.9. The second-order valence-electron chi connectivity index (χ2n) is 2.74. The van der Waals surface area contributed by atoms with E-state index in [1.54, 1.807) is 0 Å². The molecule has 0 aromatic carbocycles. The minimum Gasteiger partial charge on any atom is -0.229 e. The Labute approximate surface area is 105 Å². The third kappa shape index (κ3) is 2.93. The molecule has 0 N–H and O–H groups in total. The molecule has 0 unspecified atom stereocenters. The van der Waals surface area contributed by atoms with Crippen molar-refractivity contribution in [3.63, 3.8) is 0 Å². The highest BCUT2D eigenvalue weighted by Crippen LogP contribution is 2.47. The predicted molar refractivity (Wildman–Crippen MR) is 64.4 cm³/mol. The molecular formula is C5H6Br4O2S. The van der Waals surface area contributed by atoms with E-state index in [0.717, 1.165) is 0 Å². The Morgan fingerprint density at radius 1 is 1.17 bits per heavy atom. The van der Waals surface area contributed by atoms with E-state index in [-0.39, 0.29) is 22.3 Å². The molecule has 2 nitrogen and oxygen atoms in total. The van der Waals surface area contributed by atoms with Gasteiger partial charge in [0, 0.05) is 10.7 Å². The van der Waals surface area contributed by atoms with Crippen molar-refractivity contribution >= 4 is 73.6 Å². The van der Waals surface area contributed by atoms with Crippen LogP contribution in [0.5, 0.6) is 0 Å². The highest BCUT2D eigenvalue weighted by molar-refractivity contribution is 9.39. The first-order chi connectivity index (χ1) is 5.22. The van der Waals surface area contributed by atoms with Gasteiger partial charge < -0.3 is 0 Å². The molecule has 1 fully saturated rings. The minimum absolute atomic E-state index is 0.000579. The van der Waals surface area contributed by atoms with E-state index in [1.165, 1.54) is 0 Å². The Morgan fingerprint density at radius 3 is 1.83 bits per heavy atom. The Morgan fingerprint density at radius 2 is 1.67 bits per heavy atom. The second-order valence-corrected chi connectivity index (χ2v) is 13.0. The number of rotatable bonds is 0. The molecule has 12 heavy (non-hydrogen) atoms. The SMILES string of the molecule is O=S1(=O)C[C@@H](Br)[C@@H](C(Br)(Br)Br)C1. The third-order valence-electron chi connectivity index (χ3n) is 1.70. The first kappa shape index (κ1) is 11.9. The van der Waals surface area contributed by atoms with Crippen molar-refractivity contribution in [2.45, 2.75) is 6.97 Å². The van der Waals surface area contributed by atoms with Crippen LogP contribution in [0.15, 0.2) is 0 Å². The number of hydrogen-bond donors (Lipinski definition) is 0. The zero-order chi connectivity index (χ0) is 9.57. The monoisotopic (exact) mass is 446 g/mol. The van der Waals surface area contributed by atoms with Gasteiger partial charge >= 0.3 is 0 Å². The van der Waals surface area contributed by atoms with Crippen LogP contribution in [0.3, 0.4) is 0 Å². The lowest BCUT2D eigenvalue weighted by atomic mass is 10.2. The van der Waals surface area contributed by atoms with Gasteiger partial charge in [0.05, 0.1) is 11.5 Å². The molecule has 72 valence electrons. The van der Waals surface area contributed by atoms with Gasteiger partial charge in [0.15, 0.2) is 9.84 Å². The fourth-order valence-electron chi connectivity index (χ4n) is 1.10. The van der Waals surface area contributed by atoms with E-state index in [0.29, 0.717) is 0 Å². The van der Waals surface area contributed by atoms with Crippen molar-refractivity contribution in [2.24, 2.45) is 5.92 Å². The van der Waals surface area contributed by atoms with Crippen LogP contribution in [-0.4, -0.2) is 26.9 Å². The summed E-state index contributed by atoms with van der Waals surface area (Å²) in [5.41, 5.74) is 0. The Bertz CT molecular complexity index is 268. The van der Waals surface area contributed by atoms with Crippen LogP contribution < -0.4 is 0 Å². The molecule has 0 amide bonds. The van der Waals surface area contributed by atoms with E-state index < -0.39 is 12.0 Å². The van der Waals surface area contributed by atoms with Crippen LogP contribution in [0.4, 0.5) is 0 Å². The minimum atomic E-state index is -2.86. The van der Waals surface area contributed by atoms with Gasteiger partial charge in [-0.1, -0.05) is 63.7 Å². The number of hydrogen-bond acceptors (Lipinski definition) is 2. The average Bonchev–Trinajstić information content (AvgIpc) is 2.03. The van der Waals surface area contributed by atoms with Gasteiger partial charge in [-0.15, -0.1) is 0 Å². The molecule has 7 heteroatoms. The molecule has 1 heterocycles. The van der Waals surface area contributed by atoms with Crippen molar-refractivity contribution < 1.29 is 8.42 Å². The molecule has 0 saturated carbocycles. The predicted octanol–water partition coefficient (Wildman–Crippen LogP) is 2.63. The molecule has 0 aliphatic carbocycles. The summed E-state index contributed by atoms with van der Waals surface area (Å²) in [5, 5.41) is 0. The van der Waals surface area contributed by atoms with Gasteiger partial charge in [-0.3, -0.25) is 0 Å². The van der Waals surface area contributed by atoms with Gasteiger partial charge in [0.25, 0.3) is 0 Å². The summed E-state index contributed by atoms with van der Waals surface area (Å²) in [6.45, 7) is 0. The van der Waals surface area contributed by atoms with Crippen molar-refractivity contribution in [3.05, 3.63) is 0 Å². The molecule has 1 rings (SSSR count). The highest BCUT2D eigenvalue weighted by atomic mass is 80.0. The first-order valence-electron chi connectivity index (χ1n) is 3.13. The van der Waals surface area contributed by atoms with Crippen LogP contribution in [0.2, 0.25) is 0 Å². The zero-order valence-electron chi connectivity index (χ0n) is 5.81. The van der Waals surface area contributed by atoms with Gasteiger partial charge in [-0.2, -0.15) is 0 Å². The van der Waals surface area contributed by atoms with E-state index in [4.69, 9.17) is 0 Å². The summed E-state index contributed by atoms with van der Waals surface area (Å²) in [6, 6.07) is 0. The zero-order valence-corrected chi connectivity index (χ0v) is 13.0. The Kier molecular flexibility index (Phi) is 3.77. The van der Waals surface area contributed by atoms with Crippen LogP contribution in [0, 0.1) is 5.92 Å². The van der Waals surface area contributed by atoms with E-state index in [1.807, 2.05) is 0 Å². The highest BCUT2D eigenvalue weighted by Gasteiger charge is 2.45. The molecule has 0 bridgehead atoms. The lowest BCUT2D eigenvalue weighted by Crippen LogP contribution is -2.25. The maximum absolute atomic E-state index is 11.2. The summed E-state index contributed by atoms with van der Waals surface area (Å²) in [5.74, 6) is 0.412. The number of alkyl halides is 4. The maximum atomic E-state index is 11.2. The van der Waals surface area contributed by atoms with E-state index >= 15 is 0 Å². The maximum Gasteiger partial charge on any atom is 0.151 e. The van der Waals surface area contributed by atoms with Crippen molar-refractivity contribution in [1.29, 1.82) is 0 Å². The first-order valence-corrected chi connectivity index (χ1v) is 8.25. The van der Waals surface area contributed by atoms with Crippen molar-refractivity contribution in [3.8, 4) is 0 Å². The molecule has 0 aromatic heterocycles. The molecule has 1 saturated heterocycles. The van der Waals surface area contributed by atoms with Gasteiger partial charge in [0.2, 0.25) is 0 Å². The van der Waals surface area contributed by atoms with Crippen LogP contribution >= 0.6 is 63.7 Å². The van der Waals surface area contributed by atoms with Crippen molar-refractivity contribution in [2.75, 3.05) is 11.5 Å². The molecule has 0 spiro atoms. The molecule has 1 aliphatic rings. The topological polar surface area (TPSA) is 34.1 Å². The fraction of sp³-hybridized carbons (Fsp3) is 1.00. The third-order valence-corrected chi connectivity index (χ3v) is 6.59. The number of halogens is 4. The Balaban J connectivity index is 2.85. The van der Waals surface area contributed by atoms with Crippen molar-refractivity contribution in [1.82, 2.24) is 0 Å². The molecule has 0 aromatic rings. The molecule has 0 radical (unpaired) electrons. The number of sulfone groups is 1. The summed E-state index contributed by atoms with van der Waals surface area (Å²) in [4.78, 5) is 0.000579. The van der Waals surface area contributed by atoms with Gasteiger partial charge in [-0.25, -0.2) is 8.42 Å². The standard InChI is InChI=1S/C5H6Br4O2S/c6-4-2-12(10,11)1-3(4)5(7,8)9/h3-4H,1-2H2/t3-,4+/m0/s1. The molecule has 2 atom stereocenters. The van der Waals surface area contributed by atoms with Crippen LogP contribution in [-0.2, 0) is 9.84 Å². The normalized spacial score (nSPS) is 35.3.